The van der Waals surface area contributed by atoms with E-state index in [4.69, 9.17) is 4.74 Å². The Kier molecular flexibility index (Phi) is 6.24. The van der Waals surface area contributed by atoms with E-state index < -0.39 is 5.97 Å². The predicted octanol–water partition coefficient (Wildman–Crippen LogP) is 3.81. The van der Waals surface area contributed by atoms with E-state index in [0.717, 1.165) is 19.3 Å². The van der Waals surface area contributed by atoms with Gasteiger partial charge < -0.3 is 10.1 Å². The molecule has 0 radical (unpaired) electrons. The molecule has 1 unspecified atom stereocenters. The fourth-order valence-corrected chi connectivity index (χ4v) is 3.69. The van der Waals surface area contributed by atoms with E-state index in [1.54, 1.807) is 31.2 Å². The number of fused-ring (bicyclic) bond motifs is 1. The van der Waals surface area contributed by atoms with Crippen LogP contribution in [0.5, 0.6) is 0 Å². The first-order valence-corrected chi connectivity index (χ1v) is 9.44. The zero-order valence-electron chi connectivity index (χ0n) is 15.9. The van der Waals surface area contributed by atoms with Gasteiger partial charge in [-0.2, -0.15) is 0 Å². The van der Waals surface area contributed by atoms with Crippen LogP contribution < -0.4 is 5.32 Å². The normalized spacial score (nSPS) is 15.9. The molecule has 1 aliphatic carbocycles. The highest BCUT2D eigenvalue weighted by Crippen LogP contribution is 2.33. The smallest absolute Gasteiger partial charge is 0.340 e. The second kappa shape index (κ2) is 8.82. The van der Waals surface area contributed by atoms with E-state index in [1.165, 1.54) is 11.1 Å². The third kappa shape index (κ3) is 4.55. The lowest BCUT2D eigenvalue weighted by molar-refractivity contribution is -0.117. The van der Waals surface area contributed by atoms with Crippen molar-refractivity contribution in [2.24, 2.45) is 0 Å². The van der Waals surface area contributed by atoms with Gasteiger partial charge in [-0.15, -0.1) is 0 Å². The lowest BCUT2D eigenvalue weighted by Crippen LogP contribution is -2.35. The number of likely N-dealkylation sites (N-methyl/N-ethyl adjacent to an activating group) is 1. The Labute approximate surface area is 160 Å². The number of benzene rings is 2. The molecule has 5 heteroatoms. The molecular formula is C22H26N2O3. The van der Waals surface area contributed by atoms with Crippen LogP contribution in [0.3, 0.4) is 0 Å². The summed E-state index contributed by atoms with van der Waals surface area (Å²) in [6.07, 6.45) is 3.26. The zero-order valence-corrected chi connectivity index (χ0v) is 15.9. The van der Waals surface area contributed by atoms with E-state index in [2.05, 4.69) is 34.5 Å². The highest BCUT2D eigenvalue weighted by atomic mass is 16.5. The minimum absolute atomic E-state index is 0.141. The molecule has 0 fully saturated rings. The van der Waals surface area contributed by atoms with Gasteiger partial charge in [0.25, 0.3) is 0 Å². The maximum absolute atomic E-state index is 12.6. The number of nitrogens with zero attached hydrogens (tertiary/aromatic N) is 1. The number of anilines is 1. The largest absolute Gasteiger partial charge is 0.462 e. The number of carbonyl (C=O) groups excluding carboxylic acids is 2. The number of esters is 1. The van der Waals surface area contributed by atoms with Crippen molar-refractivity contribution in [2.75, 3.05) is 25.5 Å². The van der Waals surface area contributed by atoms with Crippen molar-refractivity contribution in [1.82, 2.24) is 4.90 Å². The molecule has 0 saturated heterocycles. The van der Waals surface area contributed by atoms with E-state index in [1.807, 2.05) is 7.05 Å². The Bertz CT molecular complexity index is 819. The number of hydrogen-bond acceptors (Lipinski definition) is 4. The number of aryl methyl sites for hydroxylation is 1. The Morgan fingerprint density at radius 2 is 1.89 bits per heavy atom. The standard InChI is InChI=1S/C22H26N2O3/c1-3-27-22(26)18-12-6-7-13-19(18)23-21(25)15-24(2)20-14-8-10-16-9-4-5-11-17(16)20/h4-7,9,11-13,20H,3,8,10,14-15H2,1-2H3,(H,23,25). The minimum Gasteiger partial charge on any atom is -0.462 e. The average Bonchev–Trinajstić information content (AvgIpc) is 2.68. The second-order valence-electron chi connectivity index (χ2n) is 6.84. The molecule has 1 aliphatic rings. The summed E-state index contributed by atoms with van der Waals surface area (Å²) in [5.74, 6) is -0.569. The highest BCUT2D eigenvalue weighted by molar-refractivity contribution is 6.01. The lowest BCUT2D eigenvalue weighted by atomic mass is 9.87. The third-order valence-electron chi connectivity index (χ3n) is 4.96. The summed E-state index contributed by atoms with van der Waals surface area (Å²) in [4.78, 5) is 26.8. The van der Waals surface area contributed by atoms with Gasteiger partial charge in [0.15, 0.2) is 0 Å². The van der Waals surface area contributed by atoms with Crippen LogP contribution in [0.2, 0.25) is 0 Å². The highest BCUT2D eigenvalue weighted by Gasteiger charge is 2.25. The number of ether oxygens (including phenoxy) is 1. The molecule has 0 heterocycles. The number of para-hydroxylation sites is 1. The summed E-state index contributed by atoms with van der Waals surface area (Å²) < 4.78 is 5.06. The molecule has 0 aromatic heterocycles. The summed E-state index contributed by atoms with van der Waals surface area (Å²) in [5.41, 5.74) is 3.54. The van der Waals surface area contributed by atoms with E-state index >= 15 is 0 Å². The van der Waals surface area contributed by atoms with Gasteiger partial charge in [-0.05, 0) is 56.5 Å². The number of hydrogen-bond donors (Lipinski definition) is 1. The van der Waals surface area contributed by atoms with Crippen LogP contribution in [0.25, 0.3) is 0 Å². The molecular weight excluding hydrogens is 340 g/mol. The molecule has 1 amide bonds. The summed E-state index contributed by atoms with van der Waals surface area (Å²) in [6.45, 7) is 2.32. The molecule has 27 heavy (non-hydrogen) atoms. The van der Waals surface area contributed by atoms with Crippen LogP contribution in [0.4, 0.5) is 5.69 Å². The molecule has 5 nitrogen and oxygen atoms in total. The molecule has 2 aromatic rings. The fourth-order valence-electron chi connectivity index (χ4n) is 3.69. The average molecular weight is 366 g/mol. The fraction of sp³-hybridized carbons (Fsp3) is 0.364. The quantitative estimate of drug-likeness (QED) is 0.790. The van der Waals surface area contributed by atoms with E-state index in [-0.39, 0.29) is 18.5 Å². The van der Waals surface area contributed by atoms with Crippen molar-refractivity contribution < 1.29 is 14.3 Å². The van der Waals surface area contributed by atoms with Crippen molar-refractivity contribution in [3.63, 3.8) is 0 Å². The Morgan fingerprint density at radius 3 is 2.70 bits per heavy atom. The zero-order chi connectivity index (χ0) is 19.2. The predicted molar refractivity (Wildman–Crippen MR) is 106 cm³/mol. The monoisotopic (exact) mass is 366 g/mol. The van der Waals surface area contributed by atoms with Gasteiger partial charge in [0.05, 0.1) is 24.4 Å². The van der Waals surface area contributed by atoms with Gasteiger partial charge in [-0.25, -0.2) is 4.79 Å². The van der Waals surface area contributed by atoms with Crippen LogP contribution in [-0.2, 0) is 16.0 Å². The van der Waals surface area contributed by atoms with Crippen LogP contribution in [0, 0.1) is 0 Å². The molecule has 0 aliphatic heterocycles. The first kappa shape index (κ1) is 19.1. The lowest BCUT2D eigenvalue weighted by Gasteiger charge is -2.32. The molecule has 0 bridgehead atoms. The molecule has 2 aromatic carbocycles. The summed E-state index contributed by atoms with van der Waals surface area (Å²) in [7, 11) is 1.98. The second-order valence-corrected chi connectivity index (χ2v) is 6.84. The van der Waals surface area contributed by atoms with Crippen LogP contribution in [0.15, 0.2) is 48.5 Å². The van der Waals surface area contributed by atoms with E-state index in [9.17, 15) is 9.59 Å². The van der Waals surface area contributed by atoms with Gasteiger partial charge >= 0.3 is 5.97 Å². The first-order valence-electron chi connectivity index (χ1n) is 9.44. The van der Waals surface area contributed by atoms with Crippen molar-refractivity contribution in [2.45, 2.75) is 32.2 Å². The molecule has 0 spiro atoms. The number of nitrogens with one attached hydrogen (secondary N) is 1. The topological polar surface area (TPSA) is 58.6 Å². The van der Waals surface area contributed by atoms with E-state index in [0.29, 0.717) is 17.9 Å². The molecule has 1 atom stereocenters. The van der Waals surface area contributed by atoms with Crippen LogP contribution in [-0.4, -0.2) is 37.0 Å². The molecule has 1 N–H and O–H groups in total. The maximum Gasteiger partial charge on any atom is 0.340 e. The number of amides is 1. The SMILES string of the molecule is CCOC(=O)c1ccccc1NC(=O)CN(C)C1CCCc2ccccc21. The Morgan fingerprint density at radius 1 is 1.15 bits per heavy atom. The van der Waals surface area contributed by atoms with Crippen molar-refractivity contribution in [3.8, 4) is 0 Å². The third-order valence-corrected chi connectivity index (χ3v) is 4.96. The summed E-state index contributed by atoms with van der Waals surface area (Å²) >= 11 is 0. The molecule has 3 rings (SSSR count). The molecule has 0 saturated carbocycles. The summed E-state index contributed by atoms with van der Waals surface area (Å²) in [5, 5.41) is 2.86. The molecule has 142 valence electrons. The number of rotatable bonds is 6. The van der Waals surface area contributed by atoms with Gasteiger partial charge in [0, 0.05) is 6.04 Å². The Balaban J connectivity index is 1.68. The Hall–Kier alpha value is -2.66. The maximum atomic E-state index is 12.6. The number of carbonyl (C=O) groups is 2. The van der Waals surface area contributed by atoms with Gasteiger partial charge in [-0.1, -0.05) is 36.4 Å². The van der Waals surface area contributed by atoms with Crippen molar-refractivity contribution in [1.29, 1.82) is 0 Å². The van der Waals surface area contributed by atoms with Crippen LogP contribution in [0.1, 0.15) is 47.3 Å². The van der Waals surface area contributed by atoms with Crippen molar-refractivity contribution in [3.05, 3.63) is 65.2 Å². The van der Waals surface area contributed by atoms with Crippen molar-refractivity contribution >= 4 is 17.6 Å². The van der Waals surface area contributed by atoms with Crippen LogP contribution >= 0.6 is 0 Å². The minimum atomic E-state index is -0.428. The van der Waals surface area contributed by atoms with Gasteiger partial charge in [0.2, 0.25) is 5.91 Å². The van der Waals surface area contributed by atoms with Gasteiger partial charge in [-0.3, -0.25) is 9.69 Å². The first-order chi connectivity index (χ1) is 13.1. The van der Waals surface area contributed by atoms with Gasteiger partial charge in [0.1, 0.15) is 0 Å². The summed E-state index contributed by atoms with van der Waals surface area (Å²) in [6, 6.07) is 15.6.